The number of aliphatic hydroxyl groups is 1. The van der Waals surface area contributed by atoms with Gasteiger partial charge in [0.25, 0.3) is 5.91 Å². The number of H-pyrrole nitrogens is 1. The average Bonchev–Trinajstić information content (AvgIpc) is 3.31. The van der Waals surface area contributed by atoms with Crippen molar-refractivity contribution in [2.45, 2.75) is 56.6 Å². The Morgan fingerprint density at radius 2 is 1.92 bits per heavy atom. The molecule has 0 radical (unpaired) electrons. The van der Waals surface area contributed by atoms with E-state index in [-0.39, 0.29) is 50.7 Å². The fraction of sp³-hybridized carbons (Fsp3) is 0.391. The van der Waals surface area contributed by atoms with E-state index < -0.39 is 24.6 Å². The maximum atomic E-state index is 13.8. The molecule has 1 amide bonds. The second kappa shape index (κ2) is 9.80. The number of rotatable bonds is 3. The minimum Gasteiger partial charge on any atom is -0.393 e. The van der Waals surface area contributed by atoms with Gasteiger partial charge in [-0.15, -0.1) is 0 Å². The van der Waals surface area contributed by atoms with Crippen LogP contribution >= 0.6 is 0 Å². The zero-order chi connectivity index (χ0) is 24.7. The molecule has 3 aromatic rings. The van der Waals surface area contributed by atoms with E-state index in [1.54, 1.807) is 4.90 Å². The molecule has 2 fully saturated rings. The summed E-state index contributed by atoms with van der Waals surface area (Å²) >= 11 is 0. The van der Waals surface area contributed by atoms with Crippen LogP contribution in [0.3, 0.4) is 0 Å². The summed E-state index contributed by atoms with van der Waals surface area (Å²) < 4.78 is 54.6. The van der Waals surface area contributed by atoms with Crippen molar-refractivity contribution in [1.82, 2.24) is 29.6 Å². The highest BCUT2D eigenvalue weighted by atomic mass is 19.4. The number of piperidine rings is 1. The van der Waals surface area contributed by atoms with E-state index in [9.17, 15) is 27.5 Å². The summed E-state index contributed by atoms with van der Waals surface area (Å²) in [6.07, 6.45) is 2.43. The molecule has 0 spiro atoms. The Morgan fingerprint density at radius 1 is 1.19 bits per heavy atom. The Kier molecular flexibility index (Phi) is 6.94. The quantitative estimate of drug-likeness (QED) is 0.521. The van der Waals surface area contributed by atoms with Gasteiger partial charge in [0.1, 0.15) is 23.7 Å². The molecule has 2 unspecified atom stereocenters. The molecule has 2 N–H and O–H groups in total. The molecule has 2 aliphatic heterocycles. The minimum absolute atomic E-state index is 0. The first-order chi connectivity index (χ1) is 16.7. The molecule has 2 atom stereocenters. The molecule has 2 bridgehead atoms. The Morgan fingerprint density at radius 3 is 2.61 bits per heavy atom. The van der Waals surface area contributed by atoms with E-state index in [1.807, 2.05) is 0 Å². The lowest BCUT2D eigenvalue weighted by atomic mass is 9.99. The first-order valence-electron chi connectivity index (χ1n) is 11.2. The molecule has 13 heteroatoms. The van der Waals surface area contributed by atoms with Gasteiger partial charge in [0.15, 0.2) is 0 Å². The lowest BCUT2D eigenvalue weighted by Crippen LogP contribution is -2.48. The molecule has 2 saturated heterocycles. The van der Waals surface area contributed by atoms with Crippen LogP contribution in [0.5, 0.6) is 0 Å². The monoisotopic (exact) mass is 510 g/mol. The van der Waals surface area contributed by atoms with E-state index in [0.717, 1.165) is 23.7 Å². The smallest absolute Gasteiger partial charge is 0.393 e. The number of carbonyl (C=O) groups excluding carboxylic acids is 1. The third kappa shape index (κ3) is 5.01. The van der Waals surface area contributed by atoms with Gasteiger partial charge < -0.3 is 15.0 Å². The predicted octanol–water partition coefficient (Wildman–Crippen LogP) is 3.93. The van der Waals surface area contributed by atoms with Crippen molar-refractivity contribution in [3.63, 3.8) is 0 Å². The number of aromatic amines is 1. The number of aliphatic hydroxyl groups excluding tert-OH is 1. The molecule has 5 rings (SSSR count). The first kappa shape index (κ1) is 25.5. The Bertz CT molecular complexity index is 1310. The summed E-state index contributed by atoms with van der Waals surface area (Å²) in [5.41, 5.74) is 0.314. The Labute approximate surface area is 201 Å². The van der Waals surface area contributed by atoms with Gasteiger partial charge >= 0.3 is 6.18 Å². The number of nitrogens with one attached hydrogen (secondary N) is 1. The number of alkyl halides is 3. The van der Waals surface area contributed by atoms with E-state index >= 15 is 0 Å². The van der Waals surface area contributed by atoms with Crippen LogP contribution in [0.15, 0.2) is 43.0 Å². The summed E-state index contributed by atoms with van der Waals surface area (Å²) in [5, 5.41) is 14.4. The van der Waals surface area contributed by atoms with Crippen LogP contribution in [0.1, 0.15) is 36.2 Å². The van der Waals surface area contributed by atoms with Gasteiger partial charge in [-0.1, -0.05) is 0 Å². The maximum Gasteiger partial charge on any atom is 0.408 e. The van der Waals surface area contributed by atoms with Crippen molar-refractivity contribution in [3.05, 3.63) is 54.5 Å². The number of halogens is 5. The SMILES string of the molecule is F.O=C(c1cc2c(cn1)c(-c1cncccc(F)c[nH]1)nn2CC(F)(F)F)N1C2CCC1CC(O)C2. The summed E-state index contributed by atoms with van der Waals surface area (Å²) in [4.78, 5) is 25.9. The molecule has 3 aromatic heterocycles. The van der Waals surface area contributed by atoms with Crippen molar-refractivity contribution in [2.24, 2.45) is 0 Å². The molecule has 36 heavy (non-hydrogen) atoms. The lowest BCUT2D eigenvalue weighted by Gasteiger charge is -2.37. The highest BCUT2D eigenvalue weighted by molar-refractivity contribution is 5.99. The Hall–Kier alpha value is -3.61. The van der Waals surface area contributed by atoms with E-state index in [4.69, 9.17) is 0 Å². The molecule has 0 aromatic carbocycles. The van der Waals surface area contributed by atoms with Crippen LogP contribution in [0.4, 0.5) is 22.3 Å². The lowest BCUT2D eigenvalue weighted by molar-refractivity contribution is -0.141. The predicted molar refractivity (Wildman–Crippen MR) is 119 cm³/mol. The second-order valence-corrected chi connectivity index (χ2v) is 8.80. The van der Waals surface area contributed by atoms with Crippen LogP contribution in [0, 0.1) is 5.82 Å². The number of aromatic nitrogens is 5. The van der Waals surface area contributed by atoms with Crippen molar-refractivity contribution >= 4 is 16.8 Å². The summed E-state index contributed by atoms with van der Waals surface area (Å²) in [5.74, 6) is -0.997. The molecule has 0 aliphatic carbocycles. The third-order valence-electron chi connectivity index (χ3n) is 6.38. The normalized spacial score (nSPS) is 21.2. The van der Waals surface area contributed by atoms with Crippen molar-refractivity contribution < 1.29 is 32.2 Å². The van der Waals surface area contributed by atoms with Gasteiger partial charge in [0.2, 0.25) is 0 Å². The van der Waals surface area contributed by atoms with Gasteiger partial charge in [-0.25, -0.2) is 4.39 Å². The summed E-state index contributed by atoms with van der Waals surface area (Å²) in [7, 11) is 0. The van der Waals surface area contributed by atoms with E-state index in [0.29, 0.717) is 12.8 Å². The average molecular weight is 510 g/mol. The molecular weight excluding hydrogens is 487 g/mol. The highest BCUT2D eigenvalue weighted by Gasteiger charge is 2.43. The standard InChI is InChI=1S/C23H22F4N6O2.FH/c24-13-2-1-5-28-11-19(29-9-13)21-17-10-30-18(8-20(17)32(31-21)12-23(25,26)27)22(35)33-14-3-4-15(33)7-16(34)6-14;/h1-2,5,8-11,14-16,29,34H,3-4,6-7,12H2;1H. The van der Waals surface area contributed by atoms with Crippen molar-refractivity contribution in [2.75, 3.05) is 0 Å². The number of hydrogen-bond acceptors (Lipinski definition) is 5. The van der Waals surface area contributed by atoms with Gasteiger partial charge in [0.05, 0.1) is 23.5 Å². The second-order valence-electron chi connectivity index (χ2n) is 8.80. The van der Waals surface area contributed by atoms with Crippen LogP contribution in [-0.2, 0) is 6.54 Å². The fourth-order valence-corrected chi connectivity index (χ4v) is 4.95. The number of amides is 1. The van der Waals surface area contributed by atoms with Crippen LogP contribution < -0.4 is 0 Å². The molecule has 0 saturated carbocycles. The molecule has 5 heterocycles. The van der Waals surface area contributed by atoms with Gasteiger partial charge in [-0.05, 0) is 43.9 Å². The van der Waals surface area contributed by atoms with Gasteiger partial charge in [-0.3, -0.25) is 24.1 Å². The van der Waals surface area contributed by atoms with E-state index in [1.165, 1.54) is 36.8 Å². The summed E-state index contributed by atoms with van der Waals surface area (Å²) in [6.45, 7) is -1.38. The zero-order valence-electron chi connectivity index (χ0n) is 18.8. The van der Waals surface area contributed by atoms with Crippen LogP contribution in [0.25, 0.3) is 22.3 Å². The van der Waals surface area contributed by atoms with Crippen LogP contribution in [-0.4, -0.2) is 65.0 Å². The largest absolute Gasteiger partial charge is 0.408 e. The van der Waals surface area contributed by atoms with Crippen molar-refractivity contribution in [1.29, 1.82) is 0 Å². The van der Waals surface area contributed by atoms with Gasteiger partial charge in [-0.2, -0.15) is 18.3 Å². The highest BCUT2D eigenvalue weighted by Crippen LogP contribution is 2.37. The number of carbonyl (C=O) groups is 1. The molecular formula is C23H23F5N6O2. The van der Waals surface area contributed by atoms with Gasteiger partial charge in [0, 0.05) is 36.1 Å². The van der Waals surface area contributed by atoms with Crippen LogP contribution in [0.2, 0.25) is 0 Å². The molecule has 192 valence electrons. The molecule has 2 aliphatic rings. The topological polar surface area (TPSA) is 99.9 Å². The van der Waals surface area contributed by atoms with Crippen molar-refractivity contribution in [3.8, 4) is 11.4 Å². The fourth-order valence-electron chi connectivity index (χ4n) is 4.95. The number of hydrogen-bond donors (Lipinski definition) is 2. The van der Waals surface area contributed by atoms with E-state index in [2.05, 4.69) is 20.1 Å². The number of nitrogens with zero attached hydrogens (tertiary/aromatic N) is 5. The molecule has 8 nitrogen and oxygen atoms in total. The minimum atomic E-state index is -4.57. The first-order valence-corrected chi connectivity index (χ1v) is 11.2. The Balaban J connectivity index is 0.00000304. The number of fused-ring (bicyclic) bond motifs is 3. The zero-order valence-corrected chi connectivity index (χ0v) is 18.8. The number of pyridine rings is 1. The summed E-state index contributed by atoms with van der Waals surface area (Å²) in [6, 6.07) is 3.61. The maximum absolute atomic E-state index is 13.8. The third-order valence-corrected chi connectivity index (χ3v) is 6.38.